The first-order valence-corrected chi connectivity index (χ1v) is 17.5. The molecule has 0 aromatic carbocycles. The Morgan fingerprint density at radius 3 is 2.17 bits per heavy atom. The average molecular weight is 682 g/mol. The molecule has 0 aromatic rings. The number of ether oxygens (including phenoxy) is 5. The molecular formula is C35H59N3O10. The van der Waals surface area contributed by atoms with E-state index in [1.807, 2.05) is 39.8 Å². The zero-order valence-electron chi connectivity index (χ0n) is 30.9. The fourth-order valence-corrected chi connectivity index (χ4v) is 8.44. The van der Waals surface area contributed by atoms with Crippen molar-refractivity contribution in [2.75, 3.05) is 34.3 Å². The van der Waals surface area contributed by atoms with Gasteiger partial charge in [-0.2, -0.15) is 0 Å². The van der Waals surface area contributed by atoms with E-state index in [2.05, 4.69) is 5.32 Å². The summed E-state index contributed by atoms with van der Waals surface area (Å²) in [6.07, 6.45) is -3.91. The number of aliphatic hydroxyl groups is 1. The van der Waals surface area contributed by atoms with Gasteiger partial charge in [-0.15, -0.1) is 0 Å². The SMILES string of the molecule is CC[C@H]1OC(=O)C(C)(C)C(=O)[C@H](C)[C@@H](O[C@@H]2O[C@H](C)C[C@H](N(C)C)[C@H]2O)[C@](C)(OC)C[C@@H](C)C(=O)[C@H](C)[C@H]2N(C3CNC3)C(=O)O[C@]12C. The largest absolute Gasteiger partial charge is 0.457 e. The lowest BCUT2D eigenvalue weighted by molar-refractivity contribution is -0.295. The molecule has 4 saturated heterocycles. The first kappa shape index (κ1) is 38.6. The maximum Gasteiger partial charge on any atom is 0.411 e. The maximum atomic E-state index is 14.5. The van der Waals surface area contributed by atoms with Crippen LogP contribution in [0.1, 0.15) is 81.6 Å². The zero-order valence-corrected chi connectivity index (χ0v) is 30.9. The van der Waals surface area contributed by atoms with Gasteiger partial charge in [0.15, 0.2) is 17.7 Å². The van der Waals surface area contributed by atoms with E-state index in [9.17, 15) is 24.3 Å². The number of rotatable bonds is 6. The molecule has 13 heteroatoms. The molecule has 0 saturated carbocycles. The molecular weight excluding hydrogens is 622 g/mol. The number of amides is 1. The van der Waals surface area contributed by atoms with Crippen LogP contribution < -0.4 is 5.32 Å². The van der Waals surface area contributed by atoms with E-state index >= 15 is 0 Å². The molecule has 4 aliphatic heterocycles. The van der Waals surface area contributed by atoms with Gasteiger partial charge in [-0.1, -0.05) is 27.7 Å². The third-order valence-corrected chi connectivity index (χ3v) is 11.6. The summed E-state index contributed by atoms with van der Waals surface area (Å²) in [6, 6.07) is -1.19. The van der Waals surface area contributed by atoms with Crippen LogP contribution in [0.3, 0.4) is 0 Å². The monoisotopic (exact) mass is 681 g/mol. The summed E-state index contributed by atoms with van der Waals surface area (Å²) in [5, 5.41) is 14.6. The van der Waals surface area contributed by atoms with Gasteiger partial charge in [-0.3, -0.25) is 19.3 Å². The van der Waals surface area contributed by atoms with Crippen molar-refractivity contribution in [2.24, 2.45) is 23.2 Å². The Bertz CT molecular complexity index is 1220. The number of carbonyl (C=O) groups excluding carboxylic acids is 4. The Kier molecular flexibility index (Phi) is 11.4. The molecule has 2 N–H and O–H groups in total. The number of fused-ring (bicyclic) bond motifs is 1. The summed E-state index contributed by atoms with van der Waals surface area (Å²) in [5.74, 6) is -3.63. The van der Waals surface area contributed by atoms with E-state index in [0.717, 1.165) is 0 Å². The number of carbonyl (C=O) groups is 4. The minimum Gasteiger partial charge on any atom is -0.457 e. The molecule has 0 bridgehead atoms. The Balaban J connectivity index is 1.82. The highest BCUT2D eigenvalue weighted by Gasteiger charge is 2.62. The first-order valence-electron chi connectivity index (χ1n) is 17.5. The quantitative estimate of drug-likeness (QED) is 0.313. The Morgan fingerprint density at radius 2 is 1.65 bits per heavy atom. The summed E-state index contributed by atoms with van der Waals surface area (Å²) in [5.41, 5.74) is -4.25. The fourth-order valence-electron chi connectivity index (χ4n) is 8.44. The van der Waals surface area contributed by atoms with Crippen LogP contribution in [-0.4, -0.2) is 133 Å². The van der Waals surface area contributed by atoms with Crippen molar-refractivity contribution in [3.05, 3.63) is 0 Å². The van der Waals surface area contributed by atoms with Gasteiger partial charge in [0, 0.05) is 44.0 Å². The number of aliphatic hydroxyl groups excluding tert-OH is 1. The summed E-state index contributed by atoms with van der Waals surface area (Å²) in [4.78, 5) is 60.0. The van der Waals surface area contributed by atoms with Crippen LogP contribution in [-0.2, 0) is 38.1 Å². The van der Waals surface area contributed by atoms with E-state index in [1.54, 1.807) is 32.6 Å². The number of methoxy groups -OCH3 is 1. The molecule has 274 valence electrons. The topological polar surface area (TPSA) is 153 Å². The third-order valence-electron chi connectivity index (χ3n) is 11.6. The van der Waals surface area contributed by atoms with Crippen molar-refractivity contribution in [3.8, 4) is 0 Å². The molecule has 0 aliphatic carbocycles. The van der Waals surface area contributed by atoms with Crippen molar-refractivity contribution in [3.63, 3.8) is 0 Å². The molecule has 0 spiro atoms. The smallest absolute Gasteiger partial charge is 0.411 e. The number of hydrogen-bond acceptors (Lipinski definition) is 12. The Morgan fingerprint density at radius 1 is 1.02 bits per heavy atom. The molecule has 0 aromatic heterocycles. The van der Waals surface area contributed by atoms with Gasteiger partial charge < -0.3 is 39.0 Å². The number of hydrogen-bond donors (Lipinski definition) is 2. The normalized spacial score (nSPS) is 43.3. The van der Waals surface area contributed by atoms with E-state index in [4.69, 9.17) is 23.7 Å². The molecule has 0 radical (unpaired) electrons. The van der Waals surface area contributed by atoms with Crippen LogP contribution in [0.5, 0.6) is 0 Å². The van der Waals surface area contributed by atoms with Crippen LogP contribution in [0.4, 0.5) is 4.79 Å². The van der Waals surface area contributed by atoms with Crippen LogP contribution >= 0.6 is 0 Å². The van der Waals surface area contributed by atoms with Crippen molar-refractivity contribution in [1.82, 2.24) is 15.1 Å². The van der Waals surface area contributed by atoms with Crippen LogP contribution in [0.2, 0.25) is 0 Å². The van der Waals surface area contributed by atoms with Crippen LogP contribution in [0, 0.1) is 23.2 Å². The summed E-state index contributed by atoms with van der Waals surface area (Å²) in [6.45, 7) is 16.6. The van der Waals surface area contributed by atoms with Gasteiger partial charge >= 0.3 is 12.1 Å². The Hall–Kier alpha value is -2.16. The highest BCUT2D eigenvalue weighted by Crippen LogP contribution is 2.45. The van der Waals surface area contributed by atoms with Crippen molar-refractivity contribution in [1.29, 1.82) is 0 Å². The van der Waals surface area contributed by atoms with Crippen LogP contribution in [0.15, 0.2) is 0 Å². The molecule has 4 aliphatic rings. The molecule has 0 unspecified atom stereocenters. The van der Waals surface area contributed by atoms with Gasteiger partial charge in [-0.05, 0) is 68.0 Å². The number of likely N-dealkylation sites (N-methyl/N-ethyl adjacent to an activating group) is 1. The summed E-state index contributed by atoms with van der Waals surface area (Å²) < 4.78 is 31.1. The summed E-state index contributed by atoms with van der Waals surface area (Å²) in [7, 11) is 5.25. The minimum atomic E-state index is -1.64. The second kappa shape index (κ2) is 14.2. The number of esters is 1. The standard InChI is InChI=1S/C35H59N3O10/c1-13-24-35(9)27(38(32(43)48-35)22-16-36-17-22)20(4)25(39)18(2)15-34(8,44-12)29(21(5)28(41)33(6,7)31(42)46-24)47-30-26(40)23(37(10)11)14-19(3)45-30/h18-24,26-27,29-30,36,40H,13-17H2,1-12H3/t18-,19-,20+,21+,23+,24-,26-,27-,29-,30+,34-,35-/m1/s1. The van der Waals surface area contributed by atoms with Crippen LogP contribution in [0.25, 0.3) is 0 Å². The van der Waals surface area contributed by atoms with E-state index < -0.39 is 82.9 Å². The predicted octanol–water partition coefficient (Wildman–Crippen LogP) is 2.55. The van der Waals surface area contributed by atoms with Gasteiger partial charge in [0.05, 0.1) is 29.9 Å². The third kappa shape index (κ3) is 6.79. The number of nitrogens with zero attached hydrogens (tertiary/aromatic N) is 2. The number of Topliss-reactive ketones (excluding diaryl/α,β-unsaturated/α-hetero) is 2. The molecule has 4 fully saturated rings. The maximum absolute atomic E-state index is 14.5. The molecule has 4 heterocycles. The fraction of sp³-hybridized carbons (Fsp3) is 0.886. The zero-order chi connectivity index (χ0) is 36.1. The van der Waals surface area contributed by atoms with E-state index in [1.165, 1.54) is 21.0 Å². The van der Waals surface area contributed by atoms with E-state index in [-0.39, 0.29) is 36.8 Å². The molecule has 12 atom stereocenters. The average Bonchev–Trinajstić information content (AvgIpc) is 3.26. The first-order chi connectivity index (χ1) is 22.2. The lowest BCUT2D eigenvalue weighted by Gasteiger charge is -2.48. The van der Waals surface area contributed by atoms with Gasteiger partial charge in [0.1, 0.15) is 23.4 Å². The number of ketones is 2. The number of nitrogens with one attached hydrogen (secondary N) is 1. The molecule has 4 rings (SSSR count). The number of cyclic esters (lactones) is 1. The van der Waals surface area contributed by atoms with Crippen molar-refractivity contribution >= 4 is 23.6 Å². The van der Waals surface area contributed by atoms with Crippen molar-refractivity contribution in [2.45, 2.75) is 142 Å². The van der Waals surface area contributed by atoms with Crippen molar-refractivity contribution < 1.29 is 48.0 Å². The summed E-state index contributed by atoms with van der Waals surface area (Å²) >= 11 is 0. The molecule has 13 nitrogen and oxygen atoms in total. The van der Waals surface area contributed by atoms with Gasteiger partial charge in [-0.25, -0.2) is 4.79 Å². The molecule has 1 amide bonds. The minimum absolute atomic E-state index is 0.128. The second-order valence-corrected chi connectivity index (χ2v) is 15.7. The van der Waals surface area contributed by atoms with E-state index in [0.29, 0.717) is 19.5 Å². The second-order valence-electron chi connectivity index (χ2n) is 15.7. The van der Waals surface area contributed by atoms with Gasteiger partial charge in [0.25, 0.3) is 0 Å². The van der Waals surface area contributed by atoms with Gasteiger partial charge in [0.2, 0.25) is 0 Å². The highest BCUT2D eigenvalue weighted by molar-refractivity contribution is 6.04. The molecule has 48 heavy (non-hydrogen) atoms. The highest BCUT2D eigenvalue weighted by atomic mass is 16.7. The lowest BCUT2D eigenvalue weighted by Crippen LogP contribution is -2.65. The lowest BCUT2D eigenvalue weighted by atomic mass is 9.71. The predicted molar refractivity (Wildman–Crippen MR) is 176 cm³/mol. The Labute approximate surface area is 285 Å².